The summed E-state index contributed by atoms with van der Waals surface area (Å²) in [5, 5.41) is 5.48. The molecule has 1 unspecified atom stereocenters. The van der Waals surface area contributed by atoms with Crippen molar-refractivity contribution in [1.29, 1.82) is 0 Å². The lowest BCUT2D eigenvalue weighted by molar-refractivity contribution is -0.128. The van der Waals surface area contributed by atoms with Crippen LogP contribution in [0.4, 0.5) is 11.4 Å². The minimum absolute atomic E-state index is 0.0218. The summed E-state index contributed by atoms with van der Waals surface area (Å²) in [7, 11) is 1.63. The van der Waals surface area contributed by atoms with Crippen molar-refractivity contribution in [3.8, 4) is 0 Å². The van der Waals surface area contributed by atoms with Crippen molar-refractivity contribution in [3.05, 3.63) is 24.3 Å². The van der Waals surface area contributed by atoms with Gasteiger partial charge >= 0.3 is 0 Å². The maximum atomic E-state index is 12.1. The number of anilines is 2. The van der Waals surface area contributed by atoms with Crippen LogP contribution in [0.3, 0.4) is 0 Å². The Balaban J connectivity index is 1.95. The topological polar surface area (TPSA) is 87.5 Å². The fourth-order valence-electron chi connectivity index (χ4n) is 2.65. The van der Waals surface area contributed by atoms with E-state index in [1.807, 2.05) is 4.90 Å². The molecule has 1 saturated heterocycles. The molecule has 21 heavy (non-hydrogen) atoms. The summed E-state index contributed by atoms with van der Waals surface area (Å²) in [5.41, 5.74) is 6.96. The highest BCUT2D eigenvalue weighted by atomic mass is 16.2. The Morgan fingerprint density at radius 2 is 2.19 bits per heavy atom. The minimum atomic E-state index is -0.213. The van der Waals surface area contributed by atoms with Gasteiger partial charge in [0.05, 0.1) is 12.6 Å². The maximum Gasteiger partial charge on any atom is 0.238 e. The Bertz CT molecular complexity index is 518. The summed E-state index contributed by atoms with van der Waals surface area (Å²) < 4.78 is 0. The first kappa shape index (κ1) is 15.3. The van der Waals surface area contributed by atoms with Crippen molar-refractivity contribution in [2.75, 3.05) is 31.2 Å². The molecule has 0 bridgehead atoms. The van der Waals surface area contributed by atoms with E-state index in [-0.39, 0.29) is 24.4 Å². The van der Waals surface area contributed by atoms with Gasteiger partial charge in [-0.25, -0.2) is 0 Å². The fraction of sp³-hybridized carbons (Fsp3) is 0.467. The molecule has 1 aromatic rings. The lowest BCUT2D eigenvalue weighted by atomic mass is 10.0. The zero-order chi connectivity index (χ0) is 15.2. The van der Waals surface area contributed by atoms with E-state index in [9.17, 15) is 9.59 Å². The number of carbonyl (C=O) groups excluding carboxylic acids is 2. The van der Waals surface area contributed by atoms with Crippen LogP contribution >= 0.6 is 0 Å². The van der Waals surface area contributed by atoms with Crippen LogP contribution in [0.5, 0.6) is 0 Å². The Kier molecular flexibility index (Phi) is 5.16. The van der Waals surface area contributed by atoms with E-state index in [0.717, 1.165) is 25.8 Å². The number of carbonyl (C=O) groups is 2. The van der Waals surface area contributed by atoms with Gasteiger partial charge in [0.15, 0.2) is 0 Å². The van der Waals surface area contributed by atoms with Gasteiger partial charge in [-0.2, -0.15) is 0 Å². The Hall–Kier alpha value is -2.08. The Morgan fingerprint density at radius 1 is 1.38 bits per heavy atom. The highest BCUT2D eigenvalue weighted by Crippen LogP contribution is 2.17. The quantitative estimate of drug-likeness (QED) is 0.716. The first-order valence-corrected chi connectivity index (χ1v) is 7.21. The summed E-state index contributed by atoms with van der Waals surface area (Å²) in [6.07, 6.45) is 2.83. The molecule has 1 aliphatic rings. The number of nitrogens with zero attached hydrogens (tertiary/aromatic N) is 1. The number of nitrogen functional groups attached to an aromatic ring is 1. The predicted octanol–water partition coefficient (Wildman–Crippen LogP) is 0.808. The van der Waals surface area contributed by atoms with Gasteiger partial charge in [-0.15, -0.1) is 0 Å². The van der Waals surface area contributed by atoms with Crippen LogP contribution in [0.1, 0.15) is 19.3 Å². The maximum absolute atomic E-state index is 12.1. The van der Waals surface area contributed by atoms with Crippen molar-refractivity contribution in [1.82, 2.24) is 10.2 Å². The molecule has 1 fully saturated rings. The summed E-state index contributed by atoms with van der Waals surface area (Å²) in [6, 6.07) is 6.85. The Labute approximate surface area is 124 Å². The van der Waals surface area contributed by atoms with E-state index in [4.69, 9.17) is 5.73 Å². The molecule has 4 N–H and O–H groups in total. The number of nitrogens with two attached hydrogens (primary N) is 1. The van der Waals surface area contributed by atoms with Crippen LogP contribution in [0, 0.1) is 0 Å². The number of amides is 2. The van der Waals surface area contributed by atoms with Crippen LogP contribution in [0.25, 0.3) is 0 Å². The molecule has 114 valence electrons. The molecule has 6 heteroatoms. The number of likely N-dealkylation sites (N-methyl/N-ethyl adjacent to an activating group) is 1. The molecule has 0 aromatic heterocycles. The normalized spacial score (nSPS) is 19.0. The van der Waals surface area contributed by atoms with E-state index in [2.05, 4.69) is 10.6 Å². The minimum Gasteiger partial charge on any atom is -0.399 e. The van der Waals surface area contributed by atoms with Crippen molar-refractivity contribution in [2.24, 2.45) is 0 Å². The highest BCUT2D eigenvalue weighted by Gasteiger charge is 2.29. The smallest absolute Gasteiger partial charge is 0.238 e. The van der Waals surface area contributed by atoms with Crippen LogP contribution in [-0.2, 0) is 9.59 Å². The second-order valence-corrected chi connectivity index (χ2v) is 5.27. The number of nitrogens with one attached hydrogen (secondary N) is 2. The van der Waals surface area contributed by atoms with Gasteiger partial charge in [0.1, 0.15) is 0 Å². The summed E-state index contributed by atoms with van der Waals surface area (Å²) in [5.74, 6) is -0.150. The first-order chi connectivity index (χ1) is 10.1. The number of likely N-dealkylation sites (tertiary alicyclic amines) is 1. The second-order valence-electron chi connectivity index (χ2n) is 5.27. The molecule has 1 heterocycles. The summed E-state index contributed by atoms with van der Waals surface area (Å²) in [4.78, 5) is 25.9. The number of benzene rings is 1. The van der Waals surface area contributed by atoms with E-state index in [1.54, 1.807) is 31.3 Å². The van der Waals surface area contributed by atoms with Gasteiger partial charge < -0.3 is 16.4 Å². The average Bonchev–Trinajstić information content (AvgIpc) is 2.47. The third-order valence-corrected chi connectivity index (χ3v) is 3.68. The van der Waals surface area contributed by atoms with Crippen LogP contribution < -0.4 is 16.4 Å². The molecule has 0 radical (unpaired) electrons. The first-order valence-electron chi connectivity index (χ1n) is 7.21. The summed E-state index contributed by atoms with van der Waals surface area (Å²) >= 11 is 0. The molecule has 2 rings (SSSR count). The average molecular weight is 290 g/mol. The molecule has 2 amide bonds. The number of hydrogen-bond acceptors (Lipinski definition) is 4. The van der Waals surface area contributed by atoms with Crippen LogP contribution in [0.2, 0.25) is 0 Å². The van der Waals surface area contributed by atoms with Gasteiger partial charge in [-0.05, 0) is 37.6 Å². The molecule has 0 spiro atoms. The van der Waals surface area contributed by atoms with Crippen molar-refractivity contribution >= 4 is 23.2 Å². The van der Waals surface area contributed by atoms with E-state index in [1.165, 1.54) is 0 Å². The van der Waals surface area contributed by atoms with Gasteiger partial charge in [0.2, 0.25) is 11.8 Å². The number of hydrogen-bond donors (Lipinski definition) is 3. The lowest BCUT2D eigenvalue weighted by Gasteiger charge is -2.33. The third kappa shape index (κ3) is 4.19. The van der Waals surface area contributed by atoms with Gasteiger partial charge in [-0.1, -0.05) is 12.5 Å². The van der Waals surface area contributed by atoms with Gasteiger partial charge in [0, 0.05) is 18.4 Å². The molecule has 1 aliphatic heterocycles. The number of rotatable bonds is 4. The molecule has 0 aliphatic carbocycles. The molecule has 1 aromatic carbocycles. The zero-order valence-electron chi connectivity index (χ0n) is 12.3. The molecule has 6 nitrogen and oxygen atoms in total. The predicted molar refractivity (Wildman–Crippen MR) is 82.8 cm³/mol. The molecular weight excluding hydrogens is 268 g/mol. The zero-order valence-corrected chi connectivity index (χ0v) is 12.3. The SMILES string of the molecule is CNC(=O)C1CCCCN1CC(=O)Nc1cccc(N)c1. The fourth-order valence-corrected chi connectivity index (χ4v) is 2.65. The monoisotopic (exact) mass is 290 g/mol. The molecular formula is C15H22N4O2. The van der Waals surface area contributed by atoms with Gasteiger partial charge in [-0.3, -0.25) is 14.5 Å². The second kappa shape index (κ2) is 7.08. The van der Waals surface area contributed by atoms with Crippen LogP contribution in [-0.4, -0.2) is 42.9 Å². The lowest BCUT2D eigenvalue weighted by Crippen LogP contribution is -2.51. The van der Waals surface area contributed by atoms with Crippen LogP contribution in [0.15, 0.2) is 24.3 Å². The Morgan fingerprint density at radius 3 is 2.90 bits per heavy atom. The van der Waals surface area contributed by atoms with Crippen molar-refractivity contribution in [2.45, 2.75) is 25.3 Å². The number of piperidine rings is 1. The largest absolute Gasteiger partial charge is 0.399 e. The standard InChI is InChI=1S/C15H22N4O2/c1-17-15(21)13-7-2-3-8-19(13)10-14(20)18-12-6-4-5-11(16)9-12/h4-6,9,13H,2-3,7-8,10,16H2,1H3,(H,17,21)(H,18,20). The molecule has 1 atom stereocenters. The third-order valence-electron chi connectivity index (χ3n) is 3.68. The van der Waals surface area contributed by atoms with Gasteiger partial charge in [0.25, 0.3) is 0 Å². The molecule has 0 saturated carbocycles. The van der Waals surface area contributed by atoms with E-state index >= 15 is 0 Å². The summed E-state index contributed by atoms with van der Waals surface area (Å²) in [6.45, 7) is 0.981. The highest BCUT2D eigenvalue weighted by molar-refractivity contribution is 5.93. The van der Waals surface area contributed by atoms with E-state index < -0.39 is 0 Å². The van der Waals surface area contributed by atoms with Crippen molar-refractivity contribution in [3.63, 3.8) is 0 Å². The van der Waals surface area contributed by atoms with Crippen molar-refractivity contribution < 1.29 is 9.59 Å². The van der Waals surface area contributed by atoms with E-state index in [0.29, 0.717) is 11.4 Å².